The highest BCUT2D eigenvalue weighted by Gasteiger charge is 2.28. The van der Waals surface area contributed by atoms with E-state index >= 15 is 0 Å². The van der Waals surface area contributed by atoms with Gasteiger partial charge in [0.15, 0.2) is 0 Å². The Kier molecular flexibility index (Phi) is 5.83. The number of urea groups is 1. The molecule has 2 fully saturated rings. The fourth-order valence-electron chi connectivity index (χ4n) is 5.09. The second-order valence-corrected chi connectivity index (χ2v) is 9.10. The van der Waals surface area contributed by atoms with Crippen LogP contribution >= 0.6 is 0 Å². The molecule has 0 unspecified atom stereocenters. The van der Waals surface area contributed by atoms with E-state index in [-0.39, 0.29) is 12.1 Å². The number of ether oxygens (including phenoxy) is 1. The van der Waals surface area contributed by atoms with Crippen LogP contribution in [0.3, 0.4) is 0 Å². The summed E-state index contributed by atoms with van der Waals surface area (Å²) in [6.07, 6.45) is 5.99. The Morgan fingerprint density at radius 1 is 1.19 bits per heavy atom. The molecule has 2 amide bonds. The second-order valence-electron chi connectivity index (χ2n) is 9.10. The van der Waals surface area contributed by atoms with E-state index in [1.807, 2.05) is 11.0 Å². The van der Waals surface area contributed by atoms with E-state index in [2.05, 4.69) is 58.0 Å². The summed E-state index contributed by atoms with van der Waals surface area (Å²) in [7, 11) is 0. The van der Waals surface area contributed by atoms with Crippen molar-refractivity contribution in [2.75, 3.05) is 25.0 Å². The molecule has 7 nitrogen and oxygen atoms in total. The summed E-state index contributed by atoms with van der Waals surface area (Å²) in [5.74, 6) is 1.09. The van der Waals surface area contributed by atoms with E-state index in [9.17, 15) is 4.79 Å². The molecule has 2 atom stereocenters. The molecule has 2 aliphatic heterocycles. The average Bonchev–Trinajstić information content (AvgIpc) is 3.53. The normalized spacial score (nSPS) is 20.9. The molecule has 0 bridgehead atoms. The second kappa shape index (κ2) is 8.90. The van der Waals surface area contributed by atoms with Crippen LogP contribution in [0.2, 0.25) is 0 Å². The van der Waals surface area contributed by atoms with Crippen molar-refractivity contribution in [3.05, 3.63) is 53.5 Å². The summed E-state index contributed by atoms with van der Waals surface area (Å²) in [4.78, 5) is 24.0. The first-order chi connectivity index (χ1) is 15.6. The lowest BCUT2D eigenvalue weighted by molar-refractivity contribution is 0.0974. The van der Waals surface area contributed by atoms with Crippen LogP contribution in [0.15, 0.2) is 36.7 Å². The van der Waals surface area contributed by atoms with Gasteiger partial charge in [0.25, 0.3) is 0 Å². The molecular weight excluding hydrogens is 402 g/mol. The van der Waals surface area contributed by atoms with Crippen molar-refractivity contribution >= 4 is 22.9 Å². The number of benzene rings is 1. The predicted octanol–water partition coefficient (Wildman–Crippen LogP) is 4.32. The highest BCUT2D eigenvalue weighted by atomic mass is 16.5. The van der Waals surface area contributed by atoms with Crippen molar-refractivity contribution in [2.24, 2.45) is 5.92 Å². The topological polar surface area (TPSA) is 72.3 Å². The molecular formula is C25H31N5O2. The monoisotopic (exact) mass is 433 g/mol. The van der Waals surface area contributed by atoms with Crippen molar-refractivity contribution in [1.82, 2.24) is 19.4 Å². The number of hydrogen-bond acceptors (Lipinski definition) is 4. The van der Waals surface area contributed by atoms with Crippen molar-refractivity contribution in [3.8, 4) is 0 Å². The first-order valence-corrected chi connectivity index (χ1v) is 11.6. The zero-order chi connectivity index (χ0) is 22.1. The number of nitrogens with zero attached hydrogens (tertiary/aromatic N) is 4. The number of anilines is 1. The van der Waals surface area contributed by atoms with Gasteiger partial charge in [-0.05, 0) is 56.6 Å². The number of fused-ring (bicyclic) bond motifs is 1. The molecule has 0 radical (unpaired) electrons. The maximum Gasteiger partial charge on any atom is 0.323 e. The van der Waals surface area contributed by atoms with Crippen LogP contribution in [0.25, 0.3) is 11.0 Å². The number of nitrogens with one attached hydrogen (secondary N) is 1. The Morgan fingerprint density at radius 3 is 2.81 bits per heavy atom. The summed E-state index contributed by atoms with van der Waals surface area (Å²) in [5.41, 5.74) is 4.45. The van der Waals surface area contributed by atoms with E-state index in [1.54, 1.807) is 6.33 Å². The van der Waals surface area contributed by atoms with E-state index in [1.165, 1.54) is 5.56 Å². The predicted molar refractivity (Wildman–Crippen MR) is 125 cm³/mol. The number of aryl methyl sites for hydroxylation is 1. The zero-order valence-electron chi connectivity index (χ0n) is 18.9. The van der Waals surface area contributed by atoms with Crippen LogP contribution < -0.4 is 5.32 Å². The third-order valence-corrected chi connectivity index (χ3v) is 6.98. The lowest BCUT2D eigenvalue weighted by atomic mass is 9.99. The summed E-state index contributed by atoms with van der Waals surface area (Å²) in [5, 5.41) is 4.00. The molecule has 168 valence electrons. The van der Waals surface area contributed by atoms with Crippen LogP contribution in [0.1, 0.15) is 36.1 Å². The largest absolute Gasteiger partial charge is 0.376 e. The van der Waals surface area contributed by atoms with Gasteiger partial charge >= 0.3 is 6.03 Å². The molecule has 1 N–H and O–H groups in total. The molecule has 0 saturated carbocycles. The van der Waals surface area contributed by atoms with Crippen molar-refractivity contribution in [2.45, 2.75) is 52.2 Å². The summed E-state index contributed by atoms with van der Waals surface area (Å²) >= 11 is 0. The van der Waals surface area contributed by atoms with Gasteiger partial charge in [0.2, 0.25) is 0 Å². The summed E-state index contributed by atoms with van der Waals surface area (Å²) < 4.78 is 8.06. The van der Waals surface area contributed by atoms with Gasteiger partial charge in [-0.1, -0.05) is 30.3 Å². The Bertz CT molecular complexity index is 1100. The van der Waals surface area contributed by atoms with Gasteiger partial charge in [0.1, 0.15) is 17.8 Å². The summed E-state index contributed by atoms with van der Waals surface area (Å²) in [6.45, 7) is 7.34. The van der Waals surface area contributed by atoms with Gasteiger partial charge in [0.05, 0.1) is 18.0 Å². The molecule has 0 aliphatic carbocycles. The van der Waals surface area contributed by atoms with Crippen LogP contribution in [-0.2, 0) is 17.7 Å². The Balaban J connectivity index is 1.31. The smallest absolute Gasteiger partial charge is 0.323 e. The third kappa shape index (κ3) is 4.09. The maximum atomic E-state index is 13.1. The van der Waals surface area contributed by atoms with E-state index in [4.69, 9.17) is 4.74 Å². The van der Waals surface area contributed by atoms with Crippen molar-refractivity contribution < 1.29 is 9.53 Å². The lowest BCUT2D eigenvalue weighted by Gasteiger charge is -2.17. The van der Waals surface area contributed by atoms with Gasteiger partial charge in [-0.3, -0.25) is 5.32 Å². The van der Waals surface area contributed by atoms with Gasteiger partial charge in [-0.2, -0.15) is 0 Å². The standard InChI is InChI=1S/C25H31N5O2/c1-17-18(2)30(15-21-9-6-12-32-21)24-22(17)23(26-16-27-24)28-25(31)29-11-10-20(14-29)13-19-7-4-3-5-8-19/h3-5,7-8,16,20-21H,6,9-15H2,1-2H3,(H,26,27,28,31)/t20-,21+/m0/s1. The van der Waals surface area contributed by atoms with Gasteiger partial charge in [-0.15, -0.1) is 0 Å². The minimum Gasteiger partial charge on any atom is -0.376 e. The van der Waals surface area contributed by atoms with Gasteiger partial charge < -0.3 is 14.2 Å². The minimum absolute atomic E-state index is 0.0792. The molecule has 4 heterocycles. The number of carbonyl (C=O) groups excluding carboxylic acids is 1. The number of likely N-dealkylation sites (tertiary alicyclic amines) is 1. The Labute approximate surface area is 188 Å². The summed E-state index contributed by atoms with van der Waals surface area (Å²) in [6, 6.07) is 10.4. The first kappa shape index (κ1) is 20.9. The van der Waals surface area contributed by atoms with E-state index in [0.29, 0.717) is 11.7 Å². The van der Waals surface area contributed by atoms with Crippen LogP contribution in [0.5, 0.6) is 0 Å². The molecule has 0 spiro atoms. The van der Waals surface area contributed by atoms with Gasteiger partial charge in [-0.25, -0.2) is 14.8 Å². The van der Waals surface area contributed by atoms with Gasteiger partial charge in [0, 0.05) is 25.4 Å². The van der Waals surface area contributed by atoms with Crippen LogP contribution in [-0.4, -0.2) is 51.3 Å². The lowest BCUT2D eigenvalue weighted by Crippen LogP contribution is -2.33. The van der Waals surface area contributed by atoms with Crippen molar-refractivity contribution in [3.63, 3.8) is 0 Å². The SMILES string of the molecule is Cc1c(C)n(C[C@H]2CCCO2)c2ncnc(NC(=O)N3CC[C@@H](Cc4ccccc4)C3)c12. The molecule has 2 saturated heterocycles. The molecule has 7 heteroatoms. The molecule has 3 aromatic rings. The average molecular weight is 434 g/mol. The molecule has 2 aromatic heterocycles. The molecule has 1 aromatic carbocycles. The molecule has 2 aliphatic rings. The first-order valence-electron chi connectivity index (χ1n) is 11.6. The minimum atomic E-state index is -0.0792. The Morgan fingerprint density at radius 2 is 2.03 bits per heavy atom. The number of amides is 2. The van der Waals surface area contributed by atoms with E-state index in [0.717, 1.165) is 74.2 Å². The zero-order valence-corrected chi connectivity index (χ0v) is 18.9. The van der Waals surface area contributed by atoms with Crippen LogP contribution in [0.4, 0.5) is 10.6 Å². The highest BCUT2D eigenvalue weighted by Crippen LogP contribution is 2.30. The quantitative estimate of drug-likeness (QED) is 0.650. The fourth-order valence-corrected chi connectivity index (χ4v) is 5.09. The van der Waals surface area contributed by atoms with Crippen molar-refractivity contribution in [1.29, 1.82) is 0 Å². The van der Waals surface area contributed by atoms with Crippen LogP contribution in [0, 0.1) is 19.8 Å². The highest BCUT2D eigenvalue weighted by molar-refractivity contribution is 6.00. The molecule has 5 rings (SSSR count). The number of rotatable bonds is 5. The maximum absolute atomic E-state index is 13.1. The fraction of sp³-hybridized carbons (Fsp3) is 0.480. The molecule has 32 heavy (non-hydrogen) atoms. The number of aromatic nitrogens is 3. The Hall–Kier alpha value is -2.93. The van der Waals surface area contributed by atoms with E-state index < -0.39 is 0 Å². The number of hydrogen-bond donors (Lipinski definition) is 1. The third-order valence-electron chi connectivity index (χ3n) is 6.98. The number of carbonyl (C=O) groups is 1.